The van der Waals surface area contributed by atoms with Crippen LogP contribution in [0.5, 0.6) is 0 Å². The third-order valence-electron chi connectivity index (χ3n) is 4.62. The van der Waals surface area contributed by atoms with Crippen LogP contribution in [0.15, 0.2) is 41.5 Å². The number of amides is 1. The summed E-state index contributed by atoms with van der Waals surface area (Å²) in [5.74, 6) is -0.131. The van der Waals surface area contributed by atoms with E-state index in [-0.39, 0.29) is 11.5 Å². The molecule has 0 fully saturated rings. The van der Waals surface area contributed by atoms with Gasteiger partial charge in [0.05, 0.1) is 16.6 Å². The first kappa shape index (κ1) is 19.1. The normalized spacial score (nSPS) is 10.9. The molecule has 3 rings (SSSR count). The number of thiophene rings is 1. The number of carbonyl (C=O) groups excluding carboxylic acids is 1. The summed E-state index contributed by atoms with van der Waals surface area (Å²) in [6, 6.07) is 10.2. The van der Waals surface area contributed by atoms with Crippen LogP contribution >= 0.6 is 11.3 Å². The van der Waals surface area contributed by atoms with Crippen molar-refractivity contribution in [2.24, 2.45) is 7.05 Å². The summed E-state index contributed by atoms with van der Waals surface area (Å²) < 4.78 is 1.44. The molecule has 0 aliphatic rings. The summed E-state index contributed by atoms with van der Waals surface area (Å²) in [6.45, 7) is 3.36. The average Bonchev–Trinajstić information content (AvgIpc) is 3.02. The fraction of sp³-hybridized carbons (Fsp3) is 0.350. The minimum absolute atomic E-state index is 0.114. The van der Waals surface area contributed by atoms with Crippen molar-refractivity contribution in [1.29, 1.82) is 0 Å². The maximum atomic E-state index is 12.5. The molecule has 142 valence electrons. The zero-order chi connectivity index (χ0) is 19.4. The summed E-state index contributed by atoms with van der Waals surface area (Å²) in [7, 11) is 3.74. The molecule has 7 heteroatoms. The Bertz CT molecular complexity index is 994. The predicted octanol–water partition coefficient (Wildman–Crippen LogP) is 2.95. The highest BCUT2D eigenvalue weighted by Gasteiger charge is 2.18. The lowest BCUT2D eigenvalue weighted by Gasteiger charge is -2.19. The van der Waals surface area contributed by atoms with Gasteiger partial charge in [-0.2, -0.15) is 0 Å². The van der Waals surface area contributed by atoms with Crippen molar-refractivity contribution in [1.82, 2.24) is 14.9 Å². The van der Waals surface area contributed by atoms with Crippen molar-refractivity contribution < 1.29 is 4.79 Å². The fourth-order valence-electron chi connectivity index (χ4n) is 2.99. The highest BCUT2D eigenvalue weighted by atomic mass is 32.1. The number of nitrogens with one attached hydrogen (secondary N) is 1. The Morgan fingerprint density at radius 2 is 2.00 bits per heavy atom. The monoisotopic (exact) mass is 384 g/mol. The van der Waals surface area contributed by atoms with E-state index in [0.717, 1.165) is 19.4 Å². The van der Waals surface area contributed by atoms with Crippen molar-refractivity contribution in [3.05, 3.63) is 57.5 Å². The minimum Gasteiger partial charge on any atom is -0.375 e. The lowest BCUT2D eigenvalue weighted by atomic mass is 10.2. The second-order valence-corrected chi connectivity index (χ2v) is 7.62. The smallest absolute Gasteiger partial charge is 0.262 e. The zero-order valence-corrected chi connectivity index (χ0v) is 16.7. The first-order valence-electron chi connectivity index (χ1n) is 8.98. The maximum absolute atomic E-state index is 12.5. The van der Waals surface area contributed by atoms with Crippen LogP contribution in [-0.4, -0.2) is 35.6 Å². The fourth-order valence-corrected chi connectivity index (χ4v) is 4.05. The highest BCUT2D eigenvalue weighted by Crippen LogP contribution is 2.26. The van der Waals surface area contributed by atoms with E-state index >= 15 is 0 Å². The van der Waals surface area contributed by atoms with Gasteiger partial charge in [0.25, 0.3) is 11.5 Å². The SMILES string of the molecule is Cc1c(C(=O)NCCCCN(C)c2ccccc2)sc2ncn(C)c(=O)c12. The van der Waals surface area contributed by atoms with Gasteiger partial charge in [-0.3, -0.25) is 9.59 Å². The summed E-state index contributed by atoms with van der Waals surface area (Å²) in [6.07, 6.45) is 3.37. The van der Waals surface area contributed by atoms with Gasteiger partial charge in [-0.05, 0) is 37.5 Å². The van der Waals surface area contributed by atoms with E-state index in [1.807, 2.05) is 25.1 Å². The van der Waals surface area contributed by atoms with E-state index in [0.29, 0.717) is 27.2 Å². The van der Waals surface area contributed by atoms with Crippen LogP contribution in [0.25, 0.3) is 10.2 Å². The summed E-state index contributed by atoms with van der Waals surface area (Å²) >= 11 is 1.28. The summed E-state index contributed by atoms with van der Waals surface area (Å²) in [5, 5.41) is 3.51. The molecule has 2 heterocycles. The number of nitrogens with zero attached hydrogens (tertiary/aromatic N) is 3. The van der Waals surface area contributed by atoms with E-state index in [1.165, 1.54) is 27.9 Å². The molecular weight excluding hydrogens is 360 g/mol. The van der Waals surface area contributed by atoms with Gasteiger partial charge in [-0.15, -0.1) is 11.3 Å². The second-order valence-electron chi connectivity index (χ2n) is 6.62. The van der Waals surface area contributed by atoms with E-state index in [1.54, 1.807) is 7.05 Å². The Balaban J connectivity index is 1.53. The molecule has 6 nitrogen and oxygen atoms in total. The van der Waals surface area contributed by atoms with Crippen molar-refractivity contribution in [3.8, 4) is 0 Å². The Hall–Kier alpha value is -2.67. The Morgan fingerprint density at radius 1 is 1.26 bits per heavy atom. The Kier molecular flexibility index (Phi) is 5.91. The number of carbonyl (C=O) groups is 1. The van der Waals surface area contributed by atoms with Gasteiger partial charge >= 0.3 is 0 Å². The van der Waals surface area contributed by atoms with Gasteiger partial charge in [0.15, 0.2) is 0 Å². The Labute approximate surface area is 162 Å². The number of benzene rings is 1. The van der Waals surface area contributed by atoms with Crippen molar-refractivity contribution in [3.63, 3.8) is 0 Å². The average molecular weight is 385 g/mol. The standard InChI is InChI=1S/C20H24N4O2S/c1-14-16-19(22-13-24(3)20(16)26)27-17(14)18(25)21-11-7-8-12-23(2)15-9-5-4-6-10-15/h4-6,9-10,13H,7-8,11-12H2,1-3H3,(H,21,25). The quantitative estimate of drug-likeness (QED) is 0.636. The molecular formula is C20H24N4O2S. The molecule has 1 N–H and O–H groups in total. The van der Waals surface area contributed by atoms with E-state index < -0.39 is 0 Å². The largest absolute Gasteiger partial charge is 0.375 e. The number of para-hydroxylation sites is 1. The molecule has 0 bridgehead atoms. The number of unbranched alkanes of at least 4 members (excludes halogenated alkanes) is 1. The van der Waals surface area contributed by atoms with Gasteiger partial charge in [0.1, 0.15) is 4.83 Å². The predicted molar refractivity (Wildman–Crippen MR) is 111 cm³/mol. The minimum atomic E-state index is -0.131. The molecule has 1 amide bonds. The molecule has 0 unspecified atom stereocenters. The first-order chi connectivity index (χ1) is 13.0. The van der Waals surface area contributed by atoms with Crippen LogP contribution in [0.4, 0.5) is 5.69 Å². The van der Waals surface area contributed by atoms with Crippen molar-refractivity contribution >= 4 is 33.1 Å². The van der Waals surface area contributed by atoms with E-state index in [2.05, 4.69) is 34.4 Å². The third-order valence-corrected chi connectivity index (χ3v) is 5.82. The summed E-state index contributed by atoms with van der Waals surface area (Å²) in [5.41, 5.74) is 1.79. The van der Waals surface area contributed by atoms with Crippen molar-refractivity contribution in [2.75, 3.05) is 25.0 Å². The molecule has 0 spiro atoms. The number of aryl methyl sites for hydroxylation is 2. The van der Waals surface area contributed by atoms with Crippen LogP contribution < -0.4 is 15.8 Å². The van der Waals surface area contributed by atoms with Gasteiger partial charge in [0.2, 0.25) is 0 Å². The lowest BCUT2D eigenvalue weighted by Crippen LogP contribution is -2.25. The van der Waals surface area contributed by atoms with Crippen LogP contribution in [0.3, 0.4) is 0 Å². The van der Waals surface area contributed by atoms with Crippen LogP contribution in [0.2, 0.25) is 0 Å². The van der Waals surface area contributed by atoms with E-state index in [4.69, 9.17) is 0 Å². The molecule has 0 saturated heterocycles. The molecule has 27 heavy (non-hydrogen) atoms. The number of rotatable bonds is 7. The molecule has 0 saturated carbocycles. The Morgan fingerprint density at radius 3 is 2.74 bits per heavy atom. The first-order valence-corrected chi connectivity index (χ1v) is 9.80. The molecule has 0 radical (unpaired) electrons. The topological polar surface area (TPSA) is 67.2 Å². The third kappa shape index (κ3) is 4.19. The summed E-state index contributed by atoms with van der Waals surface area (Å²) in [4.78, 5) is 32.4. The van der Waals surface area contributed by atoms with Gasteiger partial charge in [0, 0.05) is 32.9 Å². The number of fused-ring (bicyclic) bond motifs is 1. The molecule has 3 aromatic rings. The molecule has 0 aliphatic carbocycles. The number of aromatic nitrogens is 2. The lowest BCUT2D eigenvalue weighted by molar-refractivity contribution is 0.0956. The van der Waals surface area contributed by atoms with Crippen LogP contribution in [0, 0.1) is 6.92 Å². The molecule has 0 atom stereocenters. The van der Waals surface area contributed by atoms with Crippen molar-refractivity contribution in [2.45, 2.75) is 19.8 Å². The highest BCUT2D eigenvalue weighted by molar-refractivity contribution is 7.20. The van der Waals surface area contributed by atoms with Gasteiger partial charge in [-0.1, -0.05) is 18.2 Å². The molecule has 0 aliphatic heterocycles. The second kappa shape index (κ2) is 8.35. The maximum Gasteiger partial charge on any atom is 0.262 e. The van der Waals surface area contributed by atoms with Gasteiger partial charge < -0.3 is 14.8 Å². The van der Waals surface area contributed by atoms with E-state index in [9.17, 15) is 9.59 Å². The number of hydrogen-bond donors (Lipinski definition) is 1. The van der Waals surface area contributed by atoms with Crippen LogP contribution in [0.1, 0.15) is 28.1 Å². The zero-order valence-electron chi connectivity index (χ0n) is 15.9. The number of anilines is 1. The number of hydrogen-bond acceptors (Lipinski definition) is 5. The molecule has 1 aromatic carbocycles. The van der Waals surface area contributed by atoms with Gasteiger partial charge in [-0.25, -0.2) is 4.98 Å². The van der Waals surface area contributed by atoms with Crippen LogP contribution in [-0.2, 0) is 7.05 Å². The molecule has 2 aromatic heterocycles.